The predicted molar refractivity (Wildman–Crippen MR) is 110 cm³/mol. The number of fused-ring (bicyclic) bond motifs is 1. The highest BCUT2D eigenvalue weighted by Gasteiger charge is 2.30. The molecule has 0 aliphatic heterocycles. The third-order valence-corrected chi connectivity index (χ3v) is 3.30. The number of nitrogens with one attached hydrogen (secondary N) is 1. The number of benzene rings is 1. The Hall–Kier alpha value is -1.23. The lowest BCUT2D eigenvalue weighted by Gasteiger charge is -2.01. The average molecular weight is 407 g/mol. The molecule has 0 saturated carbocycles. The molecule has 0 aliphatic rings. The highest BCUT2D eigenvalue weighted by molar-refractivity contribution is 6.66. The largest absolute Gasteiger partial charge is 0.361 e. The Bertz CT molecular complexity index is 745. The van der Waals surface area contributed by atoms with Crippen LogP contribution in [-0.2, 0) is 3.79 Å². The van der Waals surface area contributed by atoms with E-state index in [4.69, 9.17) is 39.3 Å². The summed E-state index contributed by atoms with van der Waals surface area (Å²) in [6.07, 6.45) is 1.94. The average Bonchev–Trinajstić information content (AvgIpc) is 3.27. The molecule has 140 valence electrons. The Morgan fingerprint density at radius 1 is 1.00 bits per heavy atom. The zero-order chi connectivity index (χ0) is 19.6. The fourth-order valence-electron chi connectivity index (χ4n) is 1.86. The SMILES string of the molecule is CC.CC.CC.Cc1c[nH]c2ccc(-c3noc(C(Cl)(Cl)Cl)n3)cc12. The van der Waals surface area contributed by atoms with Gasteiger partial charge in [-0.25, -0.2) is 0 Å². The second-order valence-electron chi connectivity index (χ2n) is 4.15. The highest BCUT2D eigenvalue weighted by Crippen LogP contribution is 2.37. The molecule has 3 aromatic rings. The maximum Gasteiger partial charge on any atom is 0.279 e. The lowest BCUT2D eigenvalue weighted by molar-refractivity contribution is 0.383. The molecule has 0 atom stereocenters. The third kappa shape index (κ3) is 6.21. The monoisotopic (exact) mass is 405 g/mol. The van der Waals surface area contributed by atoms with Crippen LogP contribution in [0, 0.1) is 6.92 Å². The smallest absolute Gasteiger partial charge is 0.279 e. The zero-order valence-electron chi connectivity index (χ0n) is 15.7. The zero-order valence-corrected chi connectivity index (χ0v) is 18.0. The van der Waals surface area contributed by atoms with Gasteiger partial charge in [-0.15, -0.1) is 0 Å². The first kappa shape index (κ1) is 23.8. The molecule has 7 heteroatoms. The molecule has 0 fully saturated rings. The van der Waals surface area contributed by atoms with Crippen molar-refractivity contribution in [2.75, 3.05) is 0 Å². The summed E-state index contributed by atoms with van der Waals surface area (Å²) in [6, 6.07) is 5.79. The van der Waals surface area contributed by atoms with E-state index in [9.17, 15) is 0 Å². The van der Waals surface area contributed by atoms with Gasteiger partial charge < -0.3 is 9.51 Å². The topological polar surface area (TPSA) is 54.7 Å². The van der Waals surface area contributed by atoms with Crippen molar-refractivity contribution in [3.05, 3.63) is 35.9 Å². The molecule has 0 spiro atoms. The van der Waals surface area contributed by atoms with Crippen LogP contribution in [-0.4, -0.2) is 15.1 Å². The minimum Gasteiger partial charge on any atom is -0.361 e. The molecule has 25 heavy (non-hydrogen) atoms. The number of H-pyrrole nitrogens is 1. The fraction of sp³-hybridized carbons (Fsp3) is 0.444. The van der Waals surface area contributed by atoms with E-state index in [0.717, 1.165) is 22.0 Å². The molecule has 0 saturated heterocycles. The summed E-state index contributed by atoms with van der Waals surface area (Å²) >= 11 is 17.1. The Morgan fingerprint density at radius 2 is 1.60 bits per heavy atom. The summed E-state index contributed by atoms with van der Waals surface area (Å²) in [5.41, 5.74) is 2.99. The van der Waals surface area contributed by atoms with E-state index >= 15 is 0 Å². The molecule has 3 rings (SSSR count). The number of nitrogens with zero attached hydrogens (tertiary/aromatic N) is 2. The van der Waals surface area contributed by atoms with Gasteiger partial charge in [-0.05, 0) is 30.7 Å². The van der Waals surface area contributed by atoms with Gasteiger partial charge in [0.1, 0.15) is 0 Å². The van der Waals surface area contributed by atoms with E-state index < -0.39 is 3.79 Å². The number of halogens is 3. The Kier molecular flexibility index (Phi) is 10.8. The number of alkyl halides is 3. The van der Waals surface area contributed by atoms with Crippen LogP contribution in [0.1, 0.15) is 53.0 Å². The third-order valence-electron chi connectivity index (χ3n) is 2.82. The normalized spacial score (nSPS) is 10.0. The van der Waals surface area contributed by atoms with Gasteiger partial charge in [-0.1, -0.05) is 81.5 Å². The first-order valence-electron chi connectivity index (χ1n) is 8.44. The molecule has 0 radical (unpaired) electrons. The van der Waals surface area contributed by atoms with Crippen LogP contribution >= 0.6 is 34.8 Å². The van der Waals surface area contributed by atoms with E-state index in [1.807, 2.05) is 72.9 Å². The number of rotatable bonds is 1. The summed E-state index contributed by atoms with van der Waals surface area (Å²) in [6.45, 7) is 14.0. The molecule has 0 bridgehead atoms. The van der Waals surface area contributed by atoms with Gasteiger partial charge in [-0.2, -0.15) is 4.98 Å². The van der Waals surface area contributed by atoms with Crippen LogP contribution in [0.15, 0.2) is 28.9 Å². The van der Waals surface area contributed by atoms with Gasteiger partial charge in [-0.3, -0.25) is 0 Å². The summed E-state index contributed by atoms with van der Waals surface area (Å²) < 4.78 is 3.23. The summed E-state index contributed by atoms with van der Waals surface area (Å²) in [5.74, 6) is 0.349. The minimum atomic E-state index is -1.71. The first-order chi connectivity index (χ1) is 11.9. The number of aryl methyl sites for hydroxylation is 1. The van der Waals surface area contributed by atoms with Gasteiger partial charge in [0.2, 0.25) is 5.82 Å². The van der Waals surface area contributed by atoms with Crippen molar-refractivity contribution < 1.29 is 4.52 Å². The Labute approximate surface area is 164 Å². The minimum absolute atomic E-state index is 0.0432. The molecule has 0 unspecified atom stereocenters. The van der Waals surface area contributed by atoms with Crippen molar-refractivity contribution in [3.8, 4) is 11.4 Å². The maximum atomic E-state index is 5.69. The molecular weight excluding hydrogens is 381 g/mol. The van der Waals surface area contributed by atoms with Gasteiger partial charge in [0.15, 0.2) is 0 Å². The number of aromatic nitrogens is 3. The first-order valence-corrected chi connectivity index (χ1v) is 9.57. The molecule has 2 aromatic heterocycles. The van der Waals surface area contributed by atoms with Crippen molar-refractivity contribution in [1.29, 1.82) is 0 Å². The predicted octanol–water partition coefficient (Wildman–Crippen LogP) is 7.43. The van der Waals surface area contributed by atoms with Crippen LogP contribution in [0.3, 0.4) is 0 Å². The van der Waals surface area contributed by atoms with Crippen LogP contribution in [0.4, 0.5) is 0 Å². The summed E-state index contributed by atoms with van der Waals surface area (Å²) in [7, 11) is 0. The van der Waals surface area contributed by atoms with Crippen molar-refractivity contribution in [3.63, 3.8) is 0 Å². The lowest BCUT2D eigenvalue weighted by atomic mass is 10.1. The van der Waals surface area contributed by atoms with E-state index in [0.29, 0.717) is 5.82 Å². The molecule has 1 aromatic carbocycles. The second-order valence-corrected chi connectivity index (χ2v) is 6.43. The molecule has 4 nitrogen and oxygen atoms in total. The quantitative estimate of drug-likeness (QED) is 0.427. The standard InChI is InChI=1S/C12H8Cl3N3O.3C2H6/c1-6-5-16-9-3-2-7(4-8(6)9)10-17-11(19-18-10)12(13,14)15;3*1-2/h2-5,16H,1H3;3*1-2H3. The lowest BCUT2D eigenvalue weighted by Crippen LogP contribution is -1.99. The maximum absolute atomic E-state index is 5.69. The van der Waals surface area contributed by atoms with Crippen LogP contribution in [0.5, 0.6) is 0 Å². The number of hydrogen-bond donors (Lipinski definition) is 1. The van der Waals surface area contributed by atoms with Gasteiger partial charge >= 0.3 is 0 Å². The van der Waals surface area contributed by atoms with Gasteiger partial charge in [0, 0.05) is 22.7 Å². The summed E-state index contributed by atoms with van der Waals surface area (Å²) in [4.78, 5) is 7.26. The molecular formula is C18H26Cl3N3O. The van der Waals surface area contributed by atoms with Crippen LogP contribution in [0.2, 0.25) is 0 Å². The van der Waals surface area contributed by atoms with E-state index in [2.05, 4.69) is 15.1 Å². The van der Waals surface area contributed by atoms with Crippen molar-refractivity contribution in [1.82, 2.24) is 15.1 Å². The molecule has 2 heterocycles. The van der Waals surface area contributed by atoms with E-state index in [1.54, 1.807) is 0 Å². The van der Waals surface area contributed by atoms with Crippen LogP contribution < -0.4 is 0 Å². The second kappa shape index (κ2) is 11.4. The molecule has 0 aliphatic carbocycles. The number of aromatic amines is 1. The van der Waals surface area contributed by atoms with Gasteiger partial charge in [0.25, 0.3) is 9.68 Å². The van der Waals surface area contributed by atoms with E-state index in [-0.39, 0.29) is 5.89 Å². The fourth-order valence-corrected chi connectivity index (χ4v) is 2.09. The van der Waals surface area contributed by atoms with Crippen molar-refractivity contribution in [2.45, 2.75) is 52.3 Å². The molecule has 0 amide bonds. The Balaban J connectivity index is 0.000000871. The summed E-state index contributed by atoms with van der Waals surface area (Å²) in [5, 5.41) is 4.92. The van der Waals surface area contributed by atoms with Crippen molar-refractivity contribution in [2.24, 2.45) is 0 Å². The Morgan fingerprint density at radius 3 is 2.12 bits per heavy atom. The van der Waals surface area contributed by atoms with Gasteiger partial charge in [0.05, 0.1) is 0 Å². The van der Waals surface area contributed by atoms with E-state index in [1.165, 1.54) is 0 Å². The highest BCUT2D eigenvalue weighted by atomic mass is 35.6. The van der Waals surface area contributed by atoms with Crippen molar-refractivity contribution >= 4 is 45.7 Å². The van der Waals surface area contributed by atoms with Crippen LogP contribution in [0.25, 0.3) is 22.3 Å². The molecule has 1 N–H and O–H groups in total. The number of hydrogen-bond acceptors (Lipinski definition) is 3.